The van der Waals surface area contributed by atoms with Crippen molar-refractivity contribution in [3.8, 4) is 6.07 Å². The van der Waals surface area contributed by atoms with Gasteiger partial charge in [-0.2, -0.15) is 18.4 Å². The number of benzene rings is 1. The lowest BCUT2D eigenvalue weighted by molar-refractivity contribution is -0.137. The summed E-state index contributed by atoms with van der Waals surface area (Å²) in [6, 6.07) is 5.14. The molecule has 7 heteroatoms. The molecule has 1 N–H and O–H groups in total. The van der Waals surface area contributed by atoms with Gasteiger partial charge >= 0.3 is 6.18 Å². The minimum Gasteiger partial charge on any atom is -0.380 e. The average Bonchev–Trinajstić information content (AvgIpc) is 3.25. The first-order valence-corrected chi connectivity index (χ1v) is 8.55. The lowest BCUT2D eigenvalue weighted by Crippen LogP contribution is -2.35. The van der Waals surface area contributed by atoms with Crippen molar-refractivity contribution >= 4 is 11.6 Å². The highest BCUT2D eigenvalue weighted by Gasteiger charge is 2.35. The molecule has 0 spiro atoms. The van der Waals surface area contributed by atoms with E-state index in [1.165, 1.54) is 12.1 Å². The quantitative estimate of drug-likeness (QED) is 0.902. The number of amides is 1. The summed E-state index contributed by atoms with van der Waals surface area (Å²) in [7, 11) is 0. The van der Waals surface area contributed by atoms with Crippen LogP contribution in [0.15, 0.2) is 18.2 Å². The maximum absolute atomic E-state index is 13.0. The lowest BCUT2D eigenvalue weighted by atomic mass is 10.1. The molecule has 1 aliphatic carbocycles. The number of nitrogens with one attached hydrogen (secondary N) is 1. The van der Waals surface area contributed by atoms with Crippen LogP contribution in [0.4, 0.5) is 18.9 Å². The Kier molecular flexibility index (Phi) is 4.89. The Labute approximate surface area is 144 Å². The van der Waals surface area contributed by atoms with Gasteiger partial charge in [-0.15, -0.1) is 0 Å². The number of nitrogens with zero attached hydrogens (tertiary/aromatic N) is 2. The standard InChI is InChI=1S/C18H20F3N3O/c19-18(20,21)16-9-14(6-5-13(16)10-22)23-15-7-8-24(11-15)17(25)12-3-1-2-4-12/h5-6,9,12,15,23H,1-4,7-8,11H2. The van der Waals surface area contributed by atoms with Gasteiger partial charge in [0.15, 0.2) is 0 Å². The molecule has 1 saturated heterocycles. The van der Waals surface area contributed by atoms with Crippen molar-refractivity contribution < 1.29 is 18.0 Å². The molecule has 1 saturated carbocycles. The molecule has 3 rings (SSSR count). The Hall–Kier alpha value is -2.23. The number of halogens is 3. The summed E-state index contributed by atoms with van der Waals surface area (Å²) < 4.78 is 39.1. The van der Waals surface area contributed by atoms with Crippen molar-refractivity contribution in [3.05, 3.63) is 29.3 Å². The average molecular weight is 351 g/mol. The monoisotopic (exact) mass is 351 g/mol. The molecule has 1 unspecified atom stereocenters. The van der Waals surface area contributed by atoms with Gasteiger partial charge in [-0.3, -0.25) is 4.79 Å². The third-order valence-corrected chi connectivity index (χ3v) is 5.02. The van der Waals surface area contributed by atoms with Crippen LogP contribution in [0.1, 0.15) is 43.2 Å². The number of carbonyl (C=O) groups excluding carboxylic acids is 1. The van der Waals surface area contributed by atoms with E-state index in [0.717, 1.165) is 31.7 Å². The molecule has 0 bridgehead atoms. The number of carbonyl (C=O) groups is 1. The van der Waals surface area contributed by atoms with Gasteiger partial charge in [0, 0.05) is 30.7 Å². The fourth-order valence-corrected chi connectivity index (χ4v) is 3.71. The van der Waals surface area contributed by atoms with Crippen LogP contribution in [-0.2, 0) is 11.0 Å². The van der Waals surface area contributed by atoms with Crippen molar-refractivity contribution in [3.63, 3.8) is 0 Å². The fraction of sp³-hybridized carbons (Fsp3) is 0.556. The Morgan fingerprint density at radius 1 is 1.24 bits per heavy atom. The van der Waals surface area contributed by atoms with Crippen molar-refractivity contribution in [1.29, 1.82) is 5.26 Å². The van der Waals surface area contributed by atoms with Gasteiger partial charge in [0.2, 0.25) is 5.91 Å². The zero-order chi connectivity index (χ0) is 18.0. The minimum atomic E-state index is -4.57. The van der Waals surface area contributed by atoms with E-state index < -0.39 is 11.7 Å². The van der Waals surface area contributed by atoms with E-state index in [1.54, 1.807) is 6.07 Å². The normalized spacial score (nSPS) is 21.4. The smallest absolute Gasteiger partial charge is 0.380 e. The molecule has 2 aliphatic rings. The SMILES string of the molecule is N#Cc1ccc(NC2CCN(C(=O)C3CCCC3)C2)cc1C(F)(F)F. The molecule has 0 aromatic heterocycles. The van der Waals surface area contributed by atoms with Gasteiger partial charge in [0.05, 0.1) is 17.2 Å². The second kappa shape index (κ2) is 6.95. The van der Waals surface area contributed by atoms with E-state index in [2.05, 4.69) is 5.32 Å². The Morgan fingerprint density at radius 3 is 2.60 bits per heavy atom. The predicted molar refractivity (Wildman–Crippen MR) is 86.7 cm³/mol. The first kappa shape index (κ1) is 17.6. The molecule has 1 atom stereocenters. The van der Waals surface area contributed by atoms with E-state index in [0.29, 0.717) is 25.2 Å². The van der Waals surface area contributed by atoms with Crippen LogP contribution in [0.2, 0.25) is 0 Å². The van der Waals surface area contributed by atoms with E-state index >= 15 is 0 Å². The largest absolute Gasteiger partial charge is 0.417 e. The number of rotatable bonds is 3. The molecule has 1 aliphatic heterocycles. The molecule has 134 valence electrons. The summed E-state index contributed by atoms with van der Waals surface area (Å²) in [5.41, 5.74) is -0.995. The number of likely N-dealkylation sites (tertiary alicyclic amines) is 1. The molecular formula is C18H20F3N3O. The topological polar surface area (TPSA) is 56.1 Å². The van der Waals surface area contributed by atoms with Crippen molar-refractivity contribution in [1.82, 2.24) is 4.90 Å². The number of nitriles is 1. The molecule has 25 heavy (non-hydrogen) atoms. The molecule has 1 heterocycles. The molecular weight excluding hydrogens is 331 g/mol. The molecule has 1 amide bonds. The summed E-state index contributed by atoms with van der Waals surface area (Å²) >= 11 is 0. The van der Waals surface area contributed by atoms with E-state index in [-0.39, 0.29) is 23.4 Å². The highest BCUT2D eigenvalue weighted by atomic mass is 19.4. The number of alkyl halides is 3. The fourth-order valence-electron chi connectivity index (χ4n) is 3.71. The first-order chi connectivity index (χ1) is 11.9. The summed E-state index contributed by atoms with van der Waals surface area (Å²) in [5, 5.41) is 11.9. The number of anilines is 1. The van der Waals surface area contributed by atoms with Crippen LogP contribution in [0.3, 0.4) is 0 Å². The van der Waals surface area contributed by atoms with Gasteiger partial charge in [-0.25, -0.2) is 0 Å². The van der Waals surface area contributed by atoms with Crippen LogP contribution >= 0.6 is 0 Å². The third kappa shape index (κ3) is 3.89. The molecule has 4 nitrogen and oxygen atoms in total. The zero-order valence-corrected chi connectivity index (χ0v) is 13.8. The number of hydrogen-bond donors (Lipinski definition) is 1. The van der Waals surface area contributed by atoms with Gasteiger partial charge in [-0.1, -0.05) is 12.8 Å². The van der Waals surface area contributed by atoms with E-state index in [1.807, 2.05) is 4.90 Å². The lowest BCUT2D eigenvalue weighted by Gasteiger charge is -2.21. The maximum atomic E-state index is 13.0. The zero-order valence-electron chi connectivity index (χ0n) is 13.8. The Bertz CT molecular complexity index is 690. The summed E-state index contributed by atoms with van der Waals surface area (Å²) in [4.78, 5) is 14.2. The van der Waals surface area contributed by atoms with Crippen LogP contribution in [0, 0.1) is 17.2 Å². The molecule has 1 aromatic carbocycles. The summed E-state index contributed by atoms with van der Waals surface area (Å²) in [5.74, 6) is 0.295. The van der Waals surface area contributed by atoms with Crippen LogP contribution < -0.4 is 5.32 Å². The maximum Gasteiger partial charge on any atom is 0.417 e. The first-order valence-electron chi connectivity index (χ1n) is 8.55. The van der Waals surface area contributed by atoms with Gasteiger partial charge in [-0.05, 0) is 37.5 Å². The second-order valence-corrected chi connectivity index (χ2v) is 6.77. The minimum absolute atomic E-state index is 0.0700. The van der Waals surface area contributed by atoms with Crippen molar-refractivity contribution in [2.24, 2.45) is 5.92 Å². The van der Waals surface area contributed by atoms with Crippen LogP contribution in [0.5, 0.6) is 0 Å². The van der Waals surface area contributed by atoms with Crippen LogP contribution in [0.25, 0.3) is 0 Å². The third-order valence-electron chi connectivity index (χ3n) is 5.02. The van der Waals surface area contributed by atoms with Gasteiger partial charge < -0.3 is 10.2 Å². The van der Waals surface area contributed by atoms with Crippen LogP contribution in [-0.4, -0.2) is 29.9 Å². The van der Waals surface area contributed by atoms with Gasteiger partial charge in [0.1, 0.15) is 0 Å². The van der Waals surface area contributed by atoms with Gasteiger partial charge in [0.25, 0.3) is 0 Å². The highest BCUT2D eigenvalue weighted by molar-refractivity contribution is 5.79. The van der Waals surface area contributed by atoms with Crippen molar-refractivity contribution in [2.45, 2.75) is 44.3 Å². The highest BCUT2D eigenvalue weighted by Crippen LogP contribution is 2.34. The van der Waals surface area contributed by atoms with E-state index in [9.17, 15) is 18.0 Å². The number of hydrogen-bond acceptors (Lipinski definition) is 3. The molecule has 1 aromatic rings. The van der Waals surface area contributed by atoms with Crippen molar-refractivity contribution in [2.75, 3.05) is 18.4 Å². The summed E-state index contributed by atoms with van der Waals surface area (Å²) in [6.45, 7) is 1.14. The Balaban J connectivity index is 1.65. The predicted octanol–water partition coefficient (Wildman–Crippen LogP) is 3.78. The Morgan fingerprint density at radius 2 is 1.96 bits per heavy atom. The molecule has 0 radical (unpaired) electrons. The van der Waals surface area contributed by atoms with E-state index in [4.69, 9.17) is 5.26 Å². The molecule has 2 fully saturated rings. The second-order valence-electron chi connectivity index (χ2n) is 6.77. The summed E-state index contributed by atoms with van der Waals surface area (Å²) in [6.07, 6.45) is 0.216.